The van der Waals surface area contributed by atoms with Crippen LogP contribution >= 0.6 is 11.8 Å². The molecule has 1 rings (SSSR count). The SMILES string of the molecule is CCCSC1CCC(C)CC1. The van der Waals surface area contributed by atoms with Gasteiger partial charge in [0.2, 0.25) is 0 Å². The molecule has 0 radical (unpaired) electrons. The van der Waals surface area contributed by atoms with E-state index in [0.29, 0.717) is 0 Å². The maximum absolute atomic E-state index is 2.39. The second-order valence-corrected chi connectivity index (χ2v) is 5.16. The maximum Gasteiger partial charge on any atom is 0.00472 e. The molecule has 0 N–H and O–H groups in total. The summed E-state index contributed by atoms with van der Waals surface area (Å²) in [5.41, 5.74) is 0. The van der Waals surface area contributed by atoms with Gasteiger partial charge in [-0.05, 0) is 43.8 Å². The normalized spacial score (nSPS) is 32.2. The van der Waals surface area contributed by atoms with Crippen LogP contribution in [-0.2, 0) is 0 Å². The van der Waals surface area contributed by atoms with Crippen molar-refractivity contribution in [1.29, 1.82) is 0 Å². The Kier molecular flexibility index (Phi) is 4.36. The van der Waals surface area contributed by atoms with Crippen LogP contribution in [0.3, 0.4) is 0 Å². The minimum Gasteiger partial charge on any atom is -0.159 e. The quantitative estimate of drug-likeness (QED) is 0.625. The molecule has 1 heteroatoms. The van der Waals surface area contributed by atoms with Gasteiger partial charge in [-0.3, -0.25) is 0 Å². The molecule has 0 amide bonds. The Balaban J connectivity index is 2.07. The van der Waals surface area contributed by atoms with Crippen molar-refractivity contribution >= 4 is 11.8 Å². The van der Waals surface area contributed by atoms with Gasteiger partial charge in [0, 0.05) is 5.25 Å². The lowest BCUT2D eigenvalue weighted by Gasteiger charge is -2.25. The van der Waals surface area contributed by atoms with E-state index in [-0.39, 0.29) is 0 Å². The van der Waals surface area contributed by atoms with Gasteiger partial charge in [0.05, 0.1) is 0 Å². The van der Waals surface area contributed by atoms with Crippen LogP contribution < -0.4 is 0 Å². The molecule has 1 saturated carbocycles. The van der Waals surface area contributed by atoms with Gasteiger partial charge >= 0.3 is 0 Å². The van der Waals surface area contributed by atoms with E-state index in [1.807, 2.05) is 0 Å². The van der Waals surface area contributed by atoms with Crippen LogP contribution in [-0.4, -0.2) is 11.0 Å². The van der Waals surface area contributed by atoms with Crippen LogP contribution in [0.15, 0.2) is 0 Å². The summed E-state index contributed by atoms with van der Waals surface area (Å²) < 4.78 is 0. The van der Waals surface area contributed by atoms with E-state index in [2.05, 4.69) is 25.6 Å². The lowest BCUT2D eigenvalue weighted by Crippen LogP contribution is -2.14. The summed E-state index contributed by atoms with van der Waals surface area (Å²) in [5, 5.41) is 1.01. The minimum absolute atomic E-state index is 1.01. The molecule has 0 spiro atoms. The summed E-state index contributed by atoms with van der Waals surface area (Å²) in [5.74, 6) is 2.38. The number of hydrogen-bond donors (Lipinski definition) is 0. The van der Waals surface area contributed by atoms with Crippen molar-refractivity contribution in [3.63, 3.8) is 0 Å². The topological polar surface area (TPSA) is 0 Å². The molecule has 0 aromatic rings. The fourth-order valence-corrected chi connectivity index (χ4v) is 2.86. The third-order valence-corrected chi connectivity index (χ3v) is 4.11. The average molecular weight is 172 g/mol. The van der Waals surface area contributed by atoms with Crippen molar-refractivity contribution in [3.05, 3.63) is 0 Å². The Labute approximate surface area is 75.1 Å². The Morgan fingerprint density at radius 2 is 1.82 bits per heavy atom. The number of hydrogen-bond acceptors (Lipinski definition) is 1. The van der Waals surface area contributed by atoms with Crippen molar-refractivity contribution in [2.24, 2.45) is 5.92 Å². The molecule has 0 aromatic carbocycles. The second-order valence-electron chi connectivity index (χ2n) is 3.75. The summed E-state index contributed by atoms with van der Waals surface area (Å²) in [6.45, 7) is 4.67. The molecular formula is C10H20S. The summed E-state index contributed by atoms with van der Waals surface area (Å²) >= 11 is 2.20. The Morgan fingerprint density at radius 3 is 2.36 bits per heavy atom. The first-order chi connectivity index (χ1) is 5.33. The zero-order valence-electron chi connectivity index (χ0n) is 7.81. The first-order valence-electron chi connectivity index (χ1n) is 4.94. The van der Waals surface area contributed by atoms with Gasteiger partial charge in [-0.25, -0.2) is 0 Å². The van der Waals surface area contributed by atoms with Gasteiger partial charge in [-0.1, -0.05) is 13.8 Å². The molecule has 0 unspecified atom stereocenters. The van der Waals surface area contributed by atoms with E-state index in [9.17, 15) is 0 Å². The van der Waals surface area contributed by atoms with Gasteiger partial charge in [0.25, 0.3) is 0 Å². The Bertz CT molecular complexity index is 90.3. The van der Waals surface area contributed by atoms with Gasteiger partial charge in [-0.15, -0.1) is 0 Å². The van der Waals surface area contributed by atoms with E-state index in [0.717, 1.165) is 11.2 Å². The van der Waals surface area contributed by atoms with E-state index in [1.165, 1.54) is 37.9 Å². The molecule has 1 aliphatic rings. The van der Waals surface area contributed by atoms with Crippen LogP contribution in [0.2, 0.25) is 0 Å². The molecule has 1 fully saturated rings. The average Bonchev–Trinajstić information content (AvgIpc) is 2.04. The molecule has 0 bridgehead atoms. The highest BCUT2D eigenvalue weighted by atomic mass is 32.2. The molecule has 1 aliphatic carbocycles. The molecule has 0 nitrogen and oxygen atoms in total. The van der Waals surface area contributed by atoms with Crippen molar-refractivity contribution in [2.45, 2.75) is 51.2 Å². The Hall–Kier alpha value is 0.350. The lowest BCUT2D eigenvalue weighted by molar-refractivity contribution is 0.393. The minimum atomic E-state index is 1.01. The lowest BCUT2D eigenvalue weighted by atomic mass is 9.91. The van der Waals surface area contributed by atoms with E-state index in [1.54, 1.807) is 0 Å². The molecule has 11 heavy (non-hydrogen) atoms. The largest absolute Gasteiger partial charge is 0.159 e. The number of rotatable bonds is 3. The first kappa shape index (κ1) is 9.44. The number of thioether (sulfide) groups is 1. The molecular weight excluding hydrogens is 152 g/mol. The fraction of sp³-hybridized carbons (Fsp3) is 1.00. The highest BCUT2D eigenvalue weighted by Gasteiger charge is 2.17. The molecule has 0 atom stereocenters. The molecule has 66 valence electrons. The predicted molar refractivity (Wildman–Crippen MR) is 54.2 cm³/mol. The van der Waals surface area contributed by atoms with Crippen LogP contribution in [0.5, 0.6) is 0 Å². The van der Waals surface area contributed by atoms with Crippen molar-refractivity contribution < 1.29 is 0 Å². The van der Waals surface area contributed by atoms with Crippen LogP contribution in [0.4, 0.5) is 0 Å². The van der Waals surface area contributed by atoms with Gasteiger partial charge in [0.1, 0.15) is 0 Å². The fourth-order valence-electron chi connectivity index (χ4n) is 1.68. The van der Waals surface area contributed by atoms with Crippen LogP contribution in [0.25, 0.3) is 0 Å². The second kappa shape index (κ2) is 5.08. The summed E-state index contributed by atoms with van der Waals surface area (Å²) in [6.07, 6.45) is 7.25. The van der Waals surface area contributed by atoms with Gasteiger partial charge in [0.15, 0.2) is 0 Å². The van der Waals surface area contributed by atoms with Crippen molar-refractivity contribution in [2.75, 3.05) is 5.75 Å². The summed E-state index contributed by atoms with van der Waals surface area (Å²) in [7, 11) is 0. The third kappa shape index (κ3) is 3.50. The smallest absolute Gasteiger partial charge is 0.00472 e. The third-order valence-electron chi connectivity index (χ3n) is 2.52. The monoisotopic (exact) mass is 172 g/mol. The van der Waals surface area contributed by atoms with E-state index >= 15 is 0 Å². The molecule has 0 aromatic heterocycles. The van der Waals surface area contributed by atoms with E-state index < -0.39 is 0 Å². The molecule has 0 heterocycles. The zero-order chi connectivity index (χ0) is 8.10. The van der Waals surface area contributed by atoms with Gasteiger partial charge in [-0.2, -0.15) is 11.8 Å². The summed E-state index contributed by atoms with van der Waals surface area (Å²) in [6, 6.07) is 0. The summed E-state index contributed by atoms with van der Waals surface area (Å²) in [4.78, 5) is 0. The zero-order valence-corrected chi connectivity index (χ0v) is 8.62. The molecule has 0 saturated heterocycles. The van der Waals surface area contributed by atoms with Gasteiger partial charge < -0.3 is 0 Å². The maximum atomic E-state index is 2.39. The first-order valence-corrected chi connectivity index (χ1v) is 5.99. The van der Waals surface area contributed by atoms with Crippen LogP contribution in [0, 0.1) is 5.92 Å². The van der Waals surface area contributed by atoms with Crippen molar-refractivity contribution in [1.82, 2.24) is 0 Å². The van der Waals surface area contributed by atoms with E-state index in [4.69, 9.17) is 0 Å². The van der Waals surface area contributed by atoms with Crippen LogP contribution in [0.1, 0.15) is 46.0 Å². The predicted octanol–water partition coefficient (Wildman–Crippen LogP) is 3.71. The van der Waals surface area contributed by atoms with Crippen molar-refractivity contribution in [3.8, 4) is 0 Å². The highest BCUT2D eigenvalue weighted by Crippen LogP contribution is 2.31. The highest BCUT2D eigenvalue weighted by molar-refractivity contribution is 7.99. The molecule has 0 aliphatic heterocycles. The standard InChI is InChI=1S/C10H20S/c1-3-8-11-10-6-4-9(2)5-7-10/h9-10H,3-8H2,1-2H3. The Morgan fingerprint density at radius 1 is 1.18 bits per heavy atom.